The van der Waals surface area contributed by atoms with Crippen LogP contribution in [0.1, 0.15) is 0 Å². The minimum Gasteiger partial charge on any atom is -0.496 e. The SMILES string of the molecule is COc1cc2ncc3c(c2cc1-c1cnn(C)c1)n(-c1c(F)cnc(OC)c1F)c(=O)n3C. The Labute approximate surface area is 185 Å². The third-order valence-electron chi connectivity index (χ3n) is 5.55. The van der Waals surface area contributed by atoms with Gasteiger partial charge in [-0.05, 0) is 6.07 Å². The van der Waals surface area contributed by atoms with Crippen LogP contribution >= 0.6 is 0 Å². The van der Waals surface area contributed by atoms with Crippen LogP contribution in [0.2, 0.25) is 0 Å². The number of hydrogen-bond donors (Lipinski definition) is 0. The van der Waals surface area contributed by atoms with Crippen LogP contribution in [0, 0.1) is 11.6 Å². The fraction of sp³-hybridized carbons (Fsp3) is 0.182. The minimum absolute atomic E-state index is 0.284. The first-order valence-corrected chi connectivity index (χ1v) is 9.81. The molecule has 33 heavy (non-hydrogen) atoms. The van der Waals surface area contributed by atoms with Crippen molar-refractivity contribution >= 4 is 21.9 Å². The number of hydrogen-bond acceptors (Lipinski definition) is 6. The van der Waals surface area contributed by atoms with Gasteiger partial charge < -0.3 is 9.47 Å². The Balaban J connectivity index is 1.96. The van der Waals surface area contributed by atoms with Crippen molar-refractivity contribution in [1.82, 2.24) is 28.9 Å². The number of aromatic nitrogens is 6. The van der Waals surface area contributed by atoms with Crippen molar-refractivity contribution < 1.29 is 18.3 Å². The topological polar surface area (TPSA) is 89.0 Å². The van der Waals surface area contributed by atoms with E-state index in [0.29, 0.717) is 27.7 Å². The molecule has 0 aliphatic rings. The maximum Gasteiger partial charge on any atom is 0.333 e. The minimum atomic E-state index is -1.09. The Morgan fingerprint density at radius 3 is 2.45 bits per heavy atom. The van der Waals surface area contributed by atoms with Gasteiger partial charge in [-0.2, -0.15) is 9.49 Å². The summed E-state index contributed by atoms with van der Waals surface area (Å²) >= 11 is 0. The van der Waals surface area contributed by atoms with Gasteiger partial charge in [0.25, 0.3) is 5.88 Å². The van der Waals surface area contributed by atoms with Crippen molar-refractivity contribution in [3.8, 4) is 28.4 Å². The molecule has 0 aliphatic heterocycles. The van der Waals surface area contributed by atoms with Gasteiger partial charge in [0.05, 0.1) is 49.4 Å². The first-order chi connectivity index (χ1) is 15.8. The van der Waals surface area contributed by atoms with E-state index in [1.165, 1.54) is 32.0 Å². The van der Waals surface area contributed by atoms with Gasteiger partial charge in [-0.1, -0.05) is 0 Å². The number of pyridine rings is 2. The zero-order chi connectivity index (χ0) is 23.4. The molecule has 0 bridgehead atoms. The second-order valence-corrected chi connectivity index (χ2v) is 7.42. The van der Waals surface area contributed by atoms with E-state index in [1.54, 1.807) is 30.1 Å². The normalized spacial score (nSPS) is 11.5. The first-order valence-electron chi connectivity index (χ1n) is 9.81. The summed E-state index contributed by atoms with van der Waals surface area (Å²) in [4.78, 5) is 21.2. The molecule has 11 heteroatoms. The van der Waals surface area contributed by atoms with Crippen LogP contribution in [0.5, 0.6) is 11.6 Å². The monoisotopic (exact) mass is 452 g/mol. The Hall–Kier alpha value is -4.28. The lowest BCUT2D eigenvalue weighted by molar-refractivity contribution is 0.364. The Kier molecular flexibility index (Phi) is 4.62. The number of methoxy groups -OCH3 is 2. The number of halogens is 2. The predicted octanol–water partition coefficient (Wildman–Crippen LogP) is 2.97. The molecule has 9 nitrogen and oxygen atoms in total. The molecular formula is C22H18F2N6O3. The Bertz CT molecular complexity index is 1620. The molecule has 0 aliphatic carbocycles. The molecule has 1 aromatic carbocycles. The molecule has 4 aromatic heterocycles. The highest BCUT2D eigenvalue weighted by Crippen LogP contribution is 2.37. The summed E-state index contributed by atoms with van der Waals surface area (Å²) in [6.45, 7) is 0. The lowest BCUT2D eigenvalue weighted by atomic mass is 10.0. The number of benzene rings is 1. The third kappa shape index (κ3) is 2.96. The van der Waals surface area contributed by atoms with Crippen LogP contribution in [0.25, 0.3) is 38.8 Å². The maximum absolute atomic E-state index is 15.2. The number of ether oxygens (including phenoxy) is 2. The number of fused-ring (bicyclic) bond motifs is 3. The second-order valence-electron chi connectivity index (χ2n) is 7.42. The van der Waals surface area contributed by atoms with E-state index in [4.69, 9.17) is 9.47 Å². The number of imidazole rings is 1. The van der Waals surface area contributed by atoms with Gasteiger partial charge in [0.1, 0.15) is 11.4 Å². The summed E-state index contributed by atoms with van der Waals surface area (Å²) in [5.74, 6) is -1.98. The van der Waals surface area contributed by atoms with Crippen LogP contribution in [-0.4, -0.2) is 43.1 Å². The summed E-state index contributed by atoms with van der Waals surface area (Å²) < 4.78 is 44.4. The van der Waals surface area contributed by atoms with Crippen LogP contribution in [-0.2, 0) is 14.1 Å². The summed E-state index contributed by atoms with van der Waals surface area (Å²) in [5, 5.41) is 4.70. The molecule has 168 valence electrons. The van der Waals surface area contributed by atoms with E-state index < -0.39 is 28.9 Å². The highest BCUT2D eigenvalue weighted by molar-refractivity contribution is 6.05. The van der Waals surface area contributed by atoms with E-state index in [-0.39, 0.29) is 5.52 Å². The molecule has 0 radical (unpaired) electrons. The average molecular weight is 452 g/mol. The largest absolute Gasteiger partial charge is 0.496 e. The molecule has 0 fully saturated rings. The van der Waals surface area contributed by atoms with Crippen molar-refractivity contribution in [2.75, 3.05) is 14.2 Å². The van der Waals surface area contributed by atoms with Gasteiger partial charge >= 0.3 is 5.69 Å². The second kappa shape index (κ2) is 7.40. The Morgan fingerprint density at radius 2 is 1.79 bits per heavy atom. The molecule has 5 aromatic rings. The van der Waals surface area contributed by atoms with Crippen LogP contribution < -0.4 is 15.2 Å². The molecule has 0 saturated carbocycles. The van der Waals surface area contributed by atoms with Crippen LogP contribution in [0.15, 0.2) is 41.7 Å². The zero-order valence-electron chi connectivity index (χ0n) is 18.1. The quantitative estimate of drug-likeness (QED) is 0.417. The van der Waals surface area contributed by atoms with Crippen molar-refractivity contribution in [3.63, 3.8) is 0 Å². The van der Waals surface area contributed by atoms with E-state index in [0.717, 1.165) is 16.3 Å². The summed E-state index contributed by atoms with van der Waals surface area (Å²) in [6.07, 6.45) is 5.77. The highest BCUT2D eigenvalue weighted by atomic mass is 19.1. The lowest BCUT2D eigenvalue weighted by Gasteiger charge is -2.12. The van der Waals surface area contributed by atoms with Crippen molar-refractivity contribution in [2.45, 2.75) is 0 Å². The summed E-state index contributed by atoms with van der Waals surface area (Å²) in [5.41, 5.74) is 1.38. The van der Waals surface area contributed by atoms with Gasteiger partial charge in [-0.15, -0.1) is 0 Å². The van der Waals surface area contributed by atoms with Gasteiger partial charge in [-0.3, -0.25) is 18.8 Å². The summed E-state index contributed by atoms with van der Waals surface area (Å²) in [6, 6.07) is 3.48. The molecule has 0 unspecified atom stereocenters. The van der Waals surface area contributed by atoms with Crippen molar-refractivity contribution in [1.29, 1.82) is 0 Å². The first kappa shape index (κ1) is 20.6. The molecule has 0 N–H and O–H groups in total. The molecule has 0 spiro atoms. The van der Waals surface area contributed by atoms with Gasteiger partial charge in [-0.25, -0.2) is 14.2 Å². The number of aryl methyl sites for hydroxylation is 2. The van der Waals surface area contributed by atoms with E-state index in [1.807, 2.05) is 6.20 Å². The standard InChI is InChI=1S/C22H18F2N6O3/c1-28-10-11(7-27-28)12-5-13-15(6-17(12)32-3)25-9-16-19(13)30(22(31)29(16)2)20-14(23)8-26-21(33-4)18(20)24/h5-10H,1-4H3. The fourth-order valence-electron chi connectivity index (χ4n) is 3.97. The van der Waals surface area contributed by atoms with E-state index in [9.17, 15) is 9.18 Å². The third-order valence-corrected chi connectivity index (χ3v) is 5.55. The van der Waals surface area contributed by atoms with Gasteiger partial charge in [0.15, 0.2) is 5.82 Å². The molecule has 0 amide bonds. The van der Waals surface area contributed by atoms with Gasteiger partial charge in [0.2, 0.25) is 5.82 Å². The zero-order valence-corrected chi connectivity index (χ0v) is 18.1. The molecule has 0 atom stereocenters. The van der Waals surface area contributed by atoms with Gasteiger partial charge in [0, 0.05) is 42.9 Å². The fourth-order valence-corrected chi connectivity index (χ4v) is 3.97. The summed E-state index contributed by atoms with van der Waals surface area (Å²) in [7, 11) is 6.04. The molecule has 0 saturated heterocycles. The number of nitrogens with zero attached hydrogens (tertiary/aromatic N) is 6. The highest BCUT2D eigenvalue weighted by Gasteiger charge is 2.25. The van der Waals surface area contributed by atoms with E-state index >= 15 is 4.39 Å². The Morgan fingerprint density at radius 1 is 1.00 bits per heavy atom. The molecule has 5 rings (SSSR count). The van der Waals surface area contributed by atoms with E-state index in [2.05, 4.69) is 15.1 Å². The molecular weight excluding hydrogens is 434 g/mol. The van der Waals surface area contributed by atoms with Crippen LogP contribution in [0.4, 0.5) is 8.78 Å². The van der Waals surface area contributed by atoms with Crippen molar-refractivity contribution in [2.24, 2.45) is 14.1 Å². The van der Waals surface area contributed by atoms with Crippen LogP contribution in [0.3, 0.4) is 0 Å². The van der Waals surface area contributed by atoms with Crippen molar-refractivity contribution in [3.05, 3.63) is 59.0 Å². The number of rotatable bonds is 4. The maximum atomic E-state index is 15.2. The average Bonchev–Trinajstić information content (AvgIpc) is 3.35. The smallest absolute Gasteiger partial charge is 0.333 e. The predicted molar refractivity (Wildman–Crippen MR) is 117 cm³/mol. The lowest BCUT2D eigenvalue weighted by Crippen LogP contribution is -2.23. The molecule has 4 heterocycles.